The van der Waals surface area contributed by atoms with Gasteiger partial charge in [0.25, 0.3) is 5.91 Å². The Kier molecular flexibility index (Phi) is 8.75. The summed E-state index contributed by atoms with van der Waals surface area (Å²) in [5.74, 6) is -0.365. The van der Waals surface area contributed by atoms with Gasteiger partial charge in [0.05, 0.1) is 36.2 Å². The minimum atomic E-state index is -0.420. The van der Waals surface area contributed by atoms with E-state index in [-0.39, 0.29) is 18.5 Å². The molecule has 43 heavy (non-hydrogen) atoms. The van der Waals surface area contributed by atoms with Crippen molar-refractivity contribution in [3.05, 3.63) is 102 Å². The molecule has 0 atom stereocenters. The molecular weight excluding hydrogens is 551 g/mol. The van der Waals surface area contributed by atoms with Gasteiger partial charge in [-0.1, -0.05) is 24.3 Å². The molecule has 0 aliphatic carbocycles. The number of hydrogen-bond acceptors (Lipinski definition) is 5. The Morgan fingerprint density at radius 1 is 0.884 bits per heavy atom. The molecule has 0 spiro atoms. The molecule has 3 aromatic carbocycles. The van der Waals surface area contributed by atoms with Crippen molar-refractivity contribution in [2.45, 2.75) is 13.8 Å². The first-order valence-corrected chi connectivity index (χ1v) is 14.0. The second-order valence-corrected chi connectivity index (χ2v) is 10.1. The number of amides is 3. The number of nitrogens with zero attached hydrogens (tertiary/aromatic N) is 3. The molecule has 1 N–H and O–H groups in total. The highest BCUT2D eigenvalue weighted by atomic mass is 19.1. The lowest BCUT2D eigenvalue weighted by atomic mass is 10.1. The highest BCUT2D eigenvalue weighted by molar-refractivity contribution is 5.98. The molecule has 1 fully saturated rings. The standard InChI is InChI=1S/C33H33FN4O5/c1-4-43-32(40)23-12-14-25(15-13-23)35-33(41)37-18-16-36(17-19-37)31(39)27-21-30(24-8-7-9-26(20-24)42-3)38(22(27)2)29-11-6-5-10-28(29)34/h5-15,20-21H,4,16-19H2,1-3H3,(H,35,41). The second-order valence-electron chi connectivity index (χ2n) is 10.1. The number of carbonyl (C=O) groups excluding carboxylic acids is 3. The minimum Gasteiger partial charge on any atom is -0.497 e. The first kappa shape index (κ1) is 29.4. The van der Waals surface area contributed by atoms with Gasteiger partial charge in [-0.2, -0.15) is 0 Å². The lowest BCUT2D eigenvalue weighted by Gasteiger charge is -2.34. The van der Waals surface area contributed by atoms with Gasteiger partial charge in [-0.15, -0.1) is 0 Å². The SMILES string of the molecule is CCOC(=O)c1ccc(NC(=O)N2CCN(C(=O)c3cc(-c4cccc(OC)c4)n(-c4ccccc4F)c3C)CC2)cc1. The second kappa shape index (κ2) is 12.8. The van der Waals surface area contributed by atoms with E-state index in [2.05, 4.69) is 5.32 Å². The van der Waals surface area contributed by atoms with Crippen LogP contribution in [0, 0.1) is 12.7 Å². The van der Waals surface area contributed by atoms with Crippen molar-refractivity contribution in [2.24, 2.45) is 0 Å². The monoisotopic (exact) mass is 584 g/mol. The molecule has 1 aliphatic rings. The number of urea groups is 1. The number of benzene rings is 3. The van der Waals surface area contributed by atoms with Gasteiger partial charge in [0.1, 0.15) is 11.6 Å². The molecule has 3 amide bonds. The fraction of sp³-hybridized carbons (Fsp3) is 0.242. The molecular formula is C33H33FN4O5. The number of ether oxygens (including phenoxy) is 2. The number of halogens is 1. The van der Waals surface area contributed by atoms with Gasteiger partial charge in [-0.05, 0) is 68.4 Å². The third-order valence-electron chi connectivity index (χ3n) is 7.44. The fourth-order valence-electron chi connectivity index (χ4n) is 5.15. The van der Waals surface area contributed by atoms with Crippen molar-refractivity contribution < 1.29 is 28.2 Å². The van der Waals surface area contributed by atoms with E-state index < -0.39 is 11.8 Å². The van der Waals surface area contributed by atoms with E-state index in [0.717, 1.165) is 5.56 Å². The van der Waals surface area contributed by atoms with E-state index in [0.29, 0.717) is 65.8 Å². The van der Waals surface area contributed by atoms with Gasteiger partial charge in [0.15, 0.2) is 0 Å². The summed E-state index contributed by atoms with van der Waals surface area (Å²) in [5, 5.41) is 2.84. The molecule has 10 heteroatoms. The van der Waals surface area contributed by atoms with Crippen molar-refractivity contribution in [3.63, 3.8) is 0 Å². The van der Waals surface area contributed by atoms with Crippen LogP contribution in [0.1, 0.15) is 33.3 Å². The maximum absolute atomic E-state index is 15.0. The van der Waals surface area contributed by atoms with Crippen LogP contribution in [0.3, 0.4) is 0 Å². The smallest absolute Gasteiger partial charge is 0.338 e. The number of methoxy groups -OCH3 is 1. The van der Waals surface area contributed by atoms with Crippen LogP contribution in [0.25, 0.3) is 16.9 Å². The molecule has 1 aromatic heterocycles. The van der Waals surface area contributed by atoms with Crippen LogP contribution < -0.4 is 10.1 Å². The maximum atomic E-state index is 15.0. The van der Waals surface area contributed by atoms with Crippen molar-refractivity contribution in [1.82, 2.24) is 14.4 Å². The van der Waals surface area contributed by atoms with Gasteiger partial charge in [-0.25, -0.2) is 14.0 Å². The van der Waals surface area contributed by atoms with E-state index in [9.17, 15) is 14.4 Å². The lowest BCUT2D eigenvalue weighted by molar-refractivity contribution is 0.0526. The minimum absolute atomic E-state index is 0.189. The number of nitrogens with one attached hydrogen (secondary N) is 1. The third-order valence-corrected chi connectivity index (χ3v) is 7.44. The Hall–Kier alpha value is -5.12. The molecule has 5 rings (SSSR count). The van der Waals surface area contributed by atoms with Crippen LogP contribution in [0.15, 0.2) is 78.9 Å². The topological polar surface area (TPSA) is 93.1 Å². The predicted octanol–water partition coefficient (Wildman–Crippen LogP) is 5.77. The van der Waals surface area contributed by atoms with Gasteiger partial charge < -0.3 is 29.2 Å². The molecule has 4 aromatic rings. The number of para-hydroxylation sites is 1. The van der Waals surface area contributed by atoms with Crippen molar-refractivity contribution in [2.75, 3.05) is 45.2 Å². The Bertz CT molecular complexity index is 1640. The number of rotatable bonds is 7. The van der Waals surface area contributed by atoms with Crippen molar-refractivity contribution in [3.8, 4) is 22.7 Å². The summed E-state index contributed by atoms with van der Waals surface area (Å²) in [6, 6.07) is 21.9. The van der Waals surface area contributed by atoms with Crippen molar-refractivity contribution >= 4 is 23.6 Å². The zero-order valence-corrected chi connectivity index (χ0v) is 24.3. The number of anilines is 1. The zero-order chi connectivity index (χ0) is 30.5. The summed E-state index contributed by atoms with van der Waals surface area (Å²) in [6.45, 7) is 5.19. The van der Waals surface area contributed by atoms with Gasteiger partial charge in [0, 0.05) is 43.1 Å². The fourth-order valence-corrected chi connectivity index (χ4v) is 5.15. The molecule has 0 radical (unpaired) electrons. The summed E-state index contributed by atoms with van der Waals surface area (Å²) < 4.78 is 27.2. The summed E-state index contributed by atoms with van der Waals surface area (Å²) in [6.07, 6.45) is 0. The average molecular weight is 585 g/mol. The van der Waals surface area contributed by atoms with Crippen LogP contribution in [0.2, 0.25) is 0 Å². The van der Waals surface area contributed by atoms with Crippen LogP contribution >= 0.6 is 0 Å². The van der Waals surface area contributed by atoms with Crippen LogP contribution in [-0.4, -0.2) is 72.2 Å². The van der Waals surface area contributed by atoms with E-state index in [1.54, 1.807) is 83.9 Å². The molecule has 222 valence electrons. The van der Waals surface area contributed by atoms with Crippen LogP contribution in [-0.2, 0) is 4.74 Å². The van der Waals surface area contributed by atoms with E-state index >= 15 is 4.39 Å². The number of esters is 1. The Balaban J connectivity index is 1.32. The van der Waals surface area contributed by atoms with Gasteiger partial charge in [-0.3, -0.25) is 4.79 Å². The lowest BCUT2D eigenvalue weighted by Crippen LogP contribution is -2.51. The Morgan fingerprint density at radius 2 is 1.58 bits per heavy atom. The average Bonchev–Trinajstić information content (AvgIpc) is 3.38. The predicted molar refractivity (Wildman–Crippen MR) is 161 cm³/mol. The number of piperazine rings is 1. The van der Waals surface area contributed by atoms with E-state index in [1.165, 1.54) is 6.07 Å². The van der Waals surface area contributed by atoms with E-state index in [1.807, 2.05) is 24.3 Å². The van der Waals surface area contributed by atoms with Crippen LogP contribution in [0.4, 0.5) is 14.9 Å². The number of aromatic nitrogens is 1. The normalized spacial score (nSPS) is 13.0. The summed E-state index contributed by atoms with van der Waals surface area (Å²) in [4.78, 5) is 41.9. The first-order chi connectivity index (χ1) is 20.8. The molecule has 2 heterocycles. The molecule has 9 nitrogen and oxygen atoms in total. The van der Waals surface area contributed by atoms with Crippen molar-refractivity contribution in [1.29, 1.82) is 0 Å². The third kappa shape index (κ3) is 6.23. The zero-order valence-electron chi connectivity index (χ0n) is 24.3. The molecule has 0 saturated carbocycles. The van der Waals surface area contributed by atoms with E-state index in [4.69, 9.17) is 9.47 Å². The molecule has 1 saturated heterocycles. The summed E-state index contributed by atoms with van der Waals surface area (Å²) in [5.41, 5.74) is 3.81. The molecule has 0 unspecified atom stereocenters. The van der Waals surface area contributed by atoms with Gasteiger partial charge >= 0.3 is 12.0 Å². The summed E-state index contributed by atoms with van der Waals surface area (Å²) in [7, 11) is 1.58. The molecule has 1 aliphatic heterocycles. The highest BCUT2D eigenvalue weighted by Crippen LogP contribution is 2.33. The quantitative estimate of drug-likeness (QED) is 0.279. The van der Waals surface area contributed by atoms with Gasteiger partial charge in [0.2, 0.25) is 0 Å². The Labute approximate surface area is 249 Å². The number of carbonyl (C=O) groups is 3. The number of hydrogen-bond donors (Lipinski definition) is 1. The summed E-state index contributed by atoms with van der Waals surface area (Å²) >= 11 is 0. The Morgan fingerprint density at radius 3 is 2.26 bits per heavy atom. The largest absolute Gasteiger partial charge is 0.497 e. The van der Waals surface area contributed by atoms with Crippen LogP contribution in [0.5, 0.6) is 5.75 Å². The molecule has 0 bridgehead atoms. The first-order valence-electron chi connectivity index (χ1n) is 14.0. The highest BCUT2D eigenvalue weighted by Gasteiger charge is 2.29. The maximum Gasteiger partial charge on any atom is 0.338 e.